The molecule has 8 heteroatoms. The summed E-state index contributed by atoms with van der Waals surface area (Å²) in [4.78, 5) is 0. The van der Waals surface area contributed by atoms with Crippen LogP contribution in [-0.2, 0) is 14.8 Å². The zero-order valence-electron chi connectivity index (χ0n) is 11.3. The fourth-order valence-corrected chi connectivity index (χ4v) is 4.35. The van der Waals surface area contributed by atoms with Crippen LogP contribution in [0.2, 0.25) is 0 Å². The molecule has 1 aromatic carbocycles. The van der Waals surface area contributed by atoms with Gasteiger partial charge in [0.05, 0.1) is 0 Å². The predicted molar refractivity (Wildman–Crippen MR) is 91.8 cm³/mol. The maximum Gasteiger partial charge on any atom is 0.271 e. The van der Waals surface area contributed by atoms with Crippen LogP contribution in [0, 0.1) is 0 Å². The highest BCUT2D eigenvalue weighted by Gasteiger charge is 2.23. The molecule has 1 atom stereocenters. The number of rotatable bonds is 4. The first-order chi connectivity index (χ1) is 10.5. The maximum absolute atomic E-state index is 12.2. The zero-order valence-corrected chi connectivity index (χ0v) is 13.7. The second-order valence-corrected chi connectivity index (χ2v) is 7.75. The number of ether oxygens (including phenoxy) is 1. The molecular formula is C14H12N2O3S3. The van der Waals surface area contributed by atoms with Gasteiger partial charge >= 0.3 is 0 Å². The van der Waals surface area contributed by atoms with Crippen molar-refractivity contribution >= 4 is 50.1 Å². The summed E-state index contributed by atoms with van der Waals surface area (Å²) in [6, 6.07) is 8.39. The lowest BCUT2D eigenvalue weighted by Gasteiger charge is -2.26. The van der Waals surface area contributed by atoms with Crippen LogP contribution in [0.3, 0.4) is 0 Å². The molecule has 0 amide bonds. The van der Waals surface area contributed by atoms with Crippen molar-refractivity contribution in [3.05, 3.63) is 53.9 Å². The highest BCUT2D eigenvalue weighted by Crippen LogP contribution is 2.34. The summed E-state index contributed by atoms with van der Waals surface area (Å²) >= 11 is 6.17. The van der Waals surface area contributed by atoms with Gasteiger partial charge in [-0.2, -0.15) is 0 Å². The Morgan fingerprint density at radius 2 is 2.23 bits per heavy atom. The minimum absolute atomic E-state index is 0.265. The Hall–Kier alpha value is -1.90. The van der Waals surface area contributed by atoms with Gasteiger partial charge in [-0.3, -0.25) is 4.72 Å². The lowest BCUT2D eigenvalue weighted by atomic mass is 10.0. The molecule has 1 aliphatic rings. The van der Waals surface area contributed by atoms with Crippen molar-refractivity contribution in [2.75, 3.05) is 10.0 Å². The van der Waals surface area contributed by atoms with Crippen LogP contribution in [0.1, 0.15) is 11.7 Å². The van der Waals surface area contributed by atoms with Crippen molar-refractivity contribution in [1.82, 2.24) is 0 Å². The molecule has 0 saturated heterocycles. The summed E-state index contributed by atoms with van der Waals surface area (Å²) in [5.41, 5.74) is 2.01. The van der Waals surface area contributed by atoms with Crippen LogP contribution in [-0.4, -0.2) is 13.6 Å². The lowest BCUT2D eigenvalue weighted by Crippen LogP contribution is -2.23. The van der Waals surface area contributed by atoms with Crippen LogP contribution < -0.4 is 10.0 Å². The van der Waals surface area contributed by atoms with E-state index in [0.717, 1.165) is 22.6 Å². The van der Waals surface area contributed by atoms with E-state index in [4.69, 9.17) is 17.0 Å². The standard InChI is InChI=1S/C14H12N2O3S3/c1-2-12-10-8-9(5-6-11(10)15-14(20)19-12)16-22(17,18)13-4-3-7-21-13/h2-8,12,16H,1H2,(H,15,20). The molecule has 3 rings (SSSR count). The third-order valence-corrected chi connectivity index (χ3v) is 6.03. The number of hydrogen-bond acceptors (Lipinski definition) is 5. The van der Waals surface area contributed by atoms with E-state index in [2.05, 4.69) is 16.6 Å². The molecule has 5 nitrogen and oxygen atoms in total. The van der Waals surface area contributed by atoms with Crippen molar-refractivity contribution in [2.24, 2.45) is 0 Å². The summed E-state index contributed by atoms with van der Waals surface area (Å²) in [5.74, 6) is 0. The molecule has 0 spiro atoms. The Bertz CT molecular complexity index is 829. The molecule has 0 aliphatic carbocycles. The molecule has 0 bridgehead atoms. The van der Waals surface area contributed by atoms with E-state index in [0.29, 0.717) is 5.69 Å². The first-order valence-electron chi connectivity index (χ1n) is 6.30. The molecule has 2 N–H and O–H groups in total. The second kappa shape index (κ2) is 5.71. The second-order valence-electron chi connectivity index (χ2n) is 4.53. The Balaban J connectivity index is 1.94. The van der Waals surface area contributed by atoms with Gasteiger partial charge < -0.3 is 10.1 Å². The number of fused-ring (bicyclic) bond motifs is 1. The monoisotopic (exact) mass is 352 g/mol. The zero-order chi connectivity index (χ0) is 15.7. The minimum atomic E-state index is -3.58. The van der Waals surface area contributed by atoms with Crippen molar-refractivity contribution in [2.45, 2.75) is 10.3 Å². The molecule has 0 saturated carbocycles. The van der Waals surface area contributed by atoms with Crippen LogP contribution in [0.15, 0.2) is 52.6 Å². The quantitative estimate of drug-likeness (QED) is 0.651. The molecule has 1 unspecified atom stereocenters. The third-order valence-electron chi connectivity index (χ3n) is 3.06. The normalized spacial score (nSPS) is 17.1. The Morgan fingerprint density at radius 3 is 2.91 bits per heavy atom. The summed E-state index contributed by atoms with van der Waals surface area (Å²) in [5, 5.41) is 4.91. The van der Waals surface area contributed by atoms with Gasteiger partial charge in [-0.05, 0) is 47.9 Å². The van der Waals surface area contributed by atoms with Gasteiger partial charge in [-0.15, -0.1) is 11.3 Å². The van der Waals surface area contributed by atoms with Gasteiger partial charge in [-0.25, -0.2) is 8.42 Å². The van der Waals surface area contributed by atoms with E-state index in [1.165, 1.54) is 0 Å². The molecule has 2 heterocycles. The van der Waals surface area contributed by atoms with E-state index in [-0.39, 0.29) is 9.38 Å². The van der Waals surface area contributed by atoms with Crippen molar-refractivity contribution in [3.8, 4) is 0 Å². The smallest absolute Gasteiger partial charge is 0.271 e. The van der Waals surface area contributed by atoms with Crippen molar-refractivity contribution in [1.29, 1.82) is 0 Å². The molecule has 22 heavy (non-hydrogen) atoms. The number of thiophene rings is 1. The summed E-state index contributed by atoms with van der Waals surface area (Å²) < 4.78 is 32.8. The summed E-state index contributed by atoms with van der Waals surface area (Å²) in [7, 11) is -3.58. The van der Waals surface area contributed by atoms with Gasteiger partial charge in [0.1, 0.15) is 10.3 Å². The third kappa shape index (κ3) is 2.85. The predicted octanol–water partition coefficient (Wildman–Crippen LogP) is 3.50. The summed E-state index contributed by atoms with van der Waals surface area (Å²) in [6.45, 7) is 3.71. The topological polar surface area (TPSA) is 67.4 Å². The Labute approximate surface area is 137 Å². The summed E-state index contributed by atoms with van der Waals surface area (Å²) in [6.07, 6.45) is 1.21. The minimum Gasteiger partial charge on any atom is -0.458 e. The number of thiocarbonyl (C=S) groups is 1. The first kappa shape index (κ1) is 15.0. The van der Waals surface area contributed by atoms with Crippen molar-refractivity contribution in [3.63, 3.8) is 0 Å². The molecule has 114 valence electrons. The SMILES string of the molecule is C=CC1OC(=S)Nc2ccc(NS(=O)(=O)c3cccs3)cc21. The number of sulfonamides is 1. The van der Waals surface area contributed by atoms with Crippen LogP contribution in [0.25, 0.3) is 0 Å². The van der Waals surface area contributed by atoms with Gasteiger partial charge in [0.25, 0.3) is 15.2 Å². The molecular weight excluding hydrogens is 340 g/mol. The van der Waals surface area contributed by atoms with Gasteiger partial charge in [0, 0.05) is 16.9 Å². The number of benzene rings is 1. The van der Waals surface area contributed by atoms with Crippen LogP contribution in [0.5, 0.6) is 0 Å². The highest BCUT2D eigenvalue weighted by molar-refractivity contribution is 7.94. The Morgan fingerprint density at radius 1 is 1.41 bits per heavy atom. The Kier molecular flexibility index (Phi) is 3.90. The average Bonchev–Trinajstić information content (AvgIpc) is 3.01. The molecule has 0 fully saturated rings. The van der Waals surface area contributed by atoms with Gasteiger partial charge in [0.2, 0.25) is 0 Å². The van der Waals surface area contributed by atoms with E-state index in [9.17, 15) is 8.42 Å². The number of anilines is 2. The largest absolute Gasteiger partial charge is 0.458 e. The molecule has 0 radical (unpaired) electrons. The van der Waals surface area contributed by atoms with E-state index in [1.54, 1.807) is 41.8 Å². The van der Waals surface area contributed by atoms with Crippen molar-refractivity contribution < 1.29 is 13.2 Å². The highest BCUT2D eigenvalue weighted by atomic mass is 32.2. The fraction of sp³-hybridized carbons (Fsp3) is 0.0714. The van der Waals surface area contributed by atoms with Gasteiger partial charge in [0.15, 0.2) is 0 Å². The van der Waals surface area contributed by atoms with E-state index < -0.39 is 16.1 Å². The molecule has 2 aromatic rings. The van der Waals surface area contributed by atoms with Crippen LogP contribution >= 0.6 is 23.6 Å². The number of nitrogens with one attached hydrogen (secondary N) is 2. The van der Waals surface area contributed by atoms with E-state index in [1.807, 2.05) is 0 Å². The maximum atomic E-state index is 12.2. The molecule has 1 aliphatic heterocycles. The van der Waals surface area contributed by atoms with E-state index >= 15 is 0 Å². The fourth-order valence-electron chi connectivity index (χ4n) is 2.09. The van der Waals surface area contributed by atoms with Gasteiger partial charge in [-0.1, -0.05) is 12.6 Å². The average molecular weight is 352 g/mol. The number of hydrogen-bond donors (Lipinski definition) is 2. The lowest BCUT2D eigenvalue weighted by molar-refractivity contribution is 0.243. The van der Waals surface area contributed by atoms with Crippen LogP contribution in [0.4, 0.5) is 11.4 Å². The molecule has 1 aromatic heterocycles. The first-order valence-corrected chi connectivity index (χ1v) is 9.07.